The number of amides is 1. The van der Waals surface area contributed by atoms with Gasteiger partial charge in [0.05, 0.1) is 23.9 Å². The van der Waals surface area contributed by atoms with Crippen molar-refractivity contribution >= 4 is 17.4 Å². The zero-order valence-corrected chi connectivity index (χ0v) is 19.1. The summed E-state index contributed by atoms with van der Waals surface area (Å²) in [5, 5.41) is 11.5. The van der Waals surface area contributed by atoms with Crippen molar-refractivity contribution < 1.29 is 19.4 Å². The molecule has 6 nitrogen and oxygen atoms in total. The van der Waals surface area contributed by atoms with Crippen LogP contribution in [0, 0.1) is 0 Å². The molecule has 1 unspecified atom stereocenters. The molecule has 0 spiro atoms. The van der Waals surface area contributed by atoms with Crippen molar-refractivity contribution in [3.05, 3.63) is 65.0 Å². The summed E-state index contributed by atoms with van der Waals surface area (Å²) in [6.45, 7) is 6.22. The third kappa shape index (κ3) is 3.78. The Kier molecular flexibility index (Phi) is 5.80. The number of Topliss-reactive ketones (excluding diaryl/α,β-unsaturated/α-hetero) is 1. The molecule has 4 rings (SSSR count). The Morgan fingerprint density at radius 1 is 1.12 bits per heavy atom. The zero-order chi connectivity index (χ0) is 23.0. The number of ketones is 1. The summed E-state index contributed by atoms with van der Waals surface area (Å²) < 4.78 is 5.50. The van der Waals surface area contributed by atoms with Crippen LogP contribution in [0.3, 0.4) is 0 Å². The quantitative estimate of drug-likeness (QED) is 0.427. The van der Waals surface area contributed by atoms with E-state index in [2.05, 4.69) is 25.8 Å². The third-order valence-electron chi connectivity index (χ3n) is 6.49. The number of pyridine rings is 1. The minimum absolute atomic E-state index is 0.0356. The number of aromatic nitrogens is 1. The molecular formula is C26H30N2O4. The number of nitrogens with zero attached hydrogens (tertiary/aromatic N) is 2. The van der Waals surface area contributed by atoms with Crippen LogP contribution in [-0.4, -0.2) is 39.8 Å². The highest BCUT2D eigenvalue weighted by atomic mass is 16.5. The average Bonchev–Trinajstić information content (AvgIpc) is 3.39. The van der Waals surface area contributed by atoms with Gasteiger partial charge >= 0.3 is 0 Å². The minimum Gasteiger partial charge on any atom is -0.507 e. The van der Waals surface area contributed by atoms with Gasteiger partial charge in [-0.25, -0.2) is 0 Å². The maximum absolute atomic E-state index is 13.3. The van der Waals surface area contributed by atoms with Gasteiger partial charge in [-0.1, -0.05) is 45.7 Å². The number of aliphatic hydroxyl groups is 1. The summed E-state index contributed by atoms with van der Waals surface area (Å²) in [5.74, 6) is -1.02. The first-order chi connectivity index (χ1) is 15.2. The van der Waals surface area contributed by atoms with E-state index >= 15 is 0 Å². The van der Waals surface area contributed by atoms with E-state index in [0.717, 1.165) is 31.2 Å². The van der Waals surface area contributed by atoms with Crippen molar-refractivity contribution in [2.24, 2.45) is 0 Å². The smallest absolute Gasteiger partial charge is 0.295 e. The fourth-order valence-electron chi connectivity index (χ4n) is 4.74. The van der Waals surface area contributed by atoms with Crippen LogP contribution in [0.1, 0.15) is 69.3 Å². The van der Waals surface area contributed by atoms with Crippen molar-refractivity contribution in [2.75, 3.05) is 7.11 Å². The molecule has 1 aliphatic carbocycles. The van der Waals surface area contributed by atoms with Crippen molar-refractivity contribution in [2.45, 2.75) is 64.0 Å². The highest BCUT2D eigenvalue weighted by molar-refractivity contribution is 6.46. The molecule has 1 saturated carbocycles. The number of ether oxygens (including phenoxy) is 1. The largest absolute Gasteiger partial charge is 0.507 e. The molecule has 0 bridgehead atoms. The summed E-state index contributed by atoms with van der Waals surface area (Å²) in [4.78, 5) is 32.5. The molecule has 2 aromatic rings. The Morgan fingerprint density at radius 2 is 1.84 bits per heavy atom. The maximum Gasteiger partial charge on any atom is 0.295 e. The molecule has 1 aliphatic heterocycles. The topological polar surface area (TPSA) is 79.7 Å². The van der Waals surface area contributed by atoms with E-state index in [4.69, 9.17) is 4.74 Å². The lowest BCUT2D eigenvalue weighted by molar-refractivity contribution is -0.141. The molecule has 2 fully saturated rings. The predicted molar refractivity (Wildman–Crippen MR) is 122 cm³/mol. The molecule has 0 radical (unpaired) electrons. The van der Waals surface area contributed by atoms with Gasteiger partial charge in [0.2, 0.25) is 0 Å². The monoisotopic (exact) mass is 434 g/mol. The van der Waals surface area contributed by atoms with Gasteiger partial charge in [0.25, 0.3) is 11.7 Å². The fourth-order valence-corrected chi connectivity index (χ4v) is 4.74. The van der Waals surface area contributed by atoms with E-state index in [0.29, 0.717) is 17.0 Å². The van der Waals surface area contributed by atoms with Crippen LogP contribution in [0.25, 0.3) is 5.76 Å². The van der Waals surface area contributed by atoms with Crippen molar-refractivity contribution in [3.63, 3.8) is 0 Å². The number of likely N-dealkylation sites (tertiary alicyclic amines) is 1. The van der Waals surface area contributed by atoms with Gasteiger partial charge in [-0.2, -0.15) is 0 Å². The Bertz CT molecular complexity index is 1060. The van der Waals surface area contributed by atoms with Gasteiger partial charge < -0.3 is 14.7 Å². The molecule has 1 amide bonds. The Morgan fingerprint density at radius 3 is 2.44 bits per heavy atom. The van der Waals surface area contributed by atoms with Gasteiger partial charge in [0.15, 0.2) is 0 Å². The Labute approximate surface area is 188 Å². The van der Waals surface area contributed by atoms with Crippen LogP contribution in [0.4, 0.5) is 0 Å². The first-order valence-electron chi connectivity index (χ1n) is 11.1. The molecule has 1 atom stereocenters. The van der Waals surface area contributed by atoms with E-state index in [1.54, 1.807) is 29.3 Å². The van der Waals surface area contributed by atoms with Crippen LogP contribution in [-0.2, 0) is 15.0 Å². The number of carbonyl (C=O) groups excluding carboxylic acids is 2. The van der Waals surface area contributed by atoms with Crippen LogP contribution < -0.4 is 4.74 Å². The summed E-state index contributed by atoms with van der Waals surface area (Å²) >= 11 is 0. The van der Waals surface area contributed by atoms with Gasteiger partial charge in [-0.3, -0.25) is 14.6 Å². The molecule has 2 aliphatic rings. The van der Waals surface area contributed by atoms with E-state index in [1.807, 2.05) is 18.2 Å². The number of carbonyl (C=O) groups is 2. The number of methoxy groups -OCH3 is 1. The van der Waals surface area contributed by atoms with Crippen molar-refractivity contribution in [1.29, 1.82) is 0 Å². The predicted octanol–water partition coefficient (Wildman–Crippen LogP) is 4.75. The first kappa shape index (κ1) is 22.1. The Hall–Kier alpha value is -3.15. The van der Waals surface area contributed by atoms with Gasteiger partial charge in [0, 0.05) is 12.2 Å². The van der Waals surface area contributed by atoms with E-state index in [9.17, 15) is 14.7 Å². The summed E-state index contributed by atoms with van der Waals surface area (Å²) in [5.41, 5.74) is 1.87. The van der Waals surface area contributed by atoms with Crippen LogP contribution >= 0.6 is 0 Å². The molecule has 1 N–H and O–H groups in total. The normalized spacial score (nSPS) is 21.4. The summed E-state index contributed by atoms with van der Waals surface area (Å²) in [7, 11) is 1.52. The molecule has 1 saturated heterocycles. The number of benzene rings is 1. The van der Waals surface area contributed by atoms with Crippen LogP contribution in [0.2, 0.25) is 0 Å². The number of hydrogen-bond acceptors (Lipinski definition) is 5. The van der Waals surface area contributed by atoms with E-state index in [1.165, 1.54) is 7.11 Å². The molecule has 1 aromatic carbocycles. The second-order valence-electron chi connectivity index (χ2n) is 9.56. The first-order valence-corrected chi connectivity index (χ1v) is 11.1. The van der Waals surface area contributed by atoms with E-state index in [-0.39, 0.29) is 22.8 Å². The van der Waals surface area contributed by atoms with Gasteiger partial charge in [-0.05, 0) is 48.1 Å². The molecular weight excluding hydrogens is 404 g/mol. The third-order valence-corrected chi connectivity index (χ3v) is 6.49. The molecule has 32 heavy (non-hydrogen) atoms. The zero-order valence-electron chi connectivity index (χ0n) is 19.1. The number of aliphatic hydroxyl groups excluding tert-OH is 1. The van der Waals surface area contributed by atoms with Crippen molar-refractivity contribution in [3.8, 4) is 5.75 Å². The van der Waals surface area contributed by atoms with Crippen LogP contribution in [0.5, 0.6) is 5.75 Å². The molecule has 168 valence electrons. The molecule has 2 heterocycles. The summed E-state index contributed by atoms with van der Waals surface area (Å²) in [6.07, 6.45) is 5.37. The lowest BCUT2D eigenvalue weighted by atomic mass is 9.85. The van der Waals surface area contributed by atoms with Gasteiger partial charge in [0.1, 0.15) is 17.6 Å². The average molecular weight is 435 g/mol. The lowest BCUT2D eigenvalue weighted by Crippen LogP contribution is -2.37. The van der Waals surface area contributed by atoms with E-state index < -0.39 is 17.7 Å². The number of hydrogen-bond donors (Lipinski definition) is 1. The SMILES string of the molecule is COc1ccc(C(C)(C)C)cc1/C(O)=C1\C(=O)C(=O)N(C2CCCC2)C1c1ccccn1. The molecule has 6 heteroatoms. The Balaban J connectivity index is 1.93. The highest BCUT2D eigenvalue weighted by Crippen LogP contribution is 2.44. The maximum atomic E-state index is 13.3. The standard InChI is InChI=1S/C26H30N2O4/c1-26(2,3)16-12-13-20(32-4)18(15-16)23(29)21-22(19-11-7-8-14-27-19)28(25(31)24(21)30)17-9-5-6-10-17/h7-8,11-15,17,22,29H,5-6,9-10H2,1-4H3/b23-21+. The fraction of sp³-hybridized carbons (Fsp3) is 0.423. The van der Waals surface area contributed by atoms with Crippen molar-refractivity contribution in [1.82, 2.24) is 9.88 Å². The highest BCUT2D eigenvalue weighted by Gasteiger charge is 2.50. The number of rotatable bonds is 4. The molecule has 1 aromatic heterocycles. The lowest BCUT2D eigenvalue weighted by Gasteiger charge is -2.30. The van der Waals surface area contributed by atoms with Crippen LogP contribution in [0.15, 0.2) is 48.2 Å². The summed E-state index contributed by atoms with van der Waals surface area (Å²) in [6, 6.07) is 10.2. The van der Waals surface area contributed by atoms with Gasteiger partial charge in [-0.15, -0.1) is 0 Å². The second-order valence-corrected chi connectivity index (χ2v) is 9.56. The second kappa shape index (κ2) is 8.41. The minimum atomic E-state index is -0.720.